The van der Waals surface area contributed by atoms with Gasteiger partial charge in [0.1, 0.15) is 11.2 Å². The molecule has 0 fully saturated rings. The lowest BCUT2D eigenvalue weighted by molar-refractivity contribution is 0.673. The Hall–Kier alpha value is -11.9. The van der Waals surface area contributed by atoms with Crippen LogP contribution in [0.1, 0.15) is 5.56 Å². The highest BCUT2D eigenvalue weighted by Crippen LogP contribution is 2.55. The number of benzene rings is 13. The number of hydrogen-bond donors (Lipinski definition) is 0. The summed E-state index contributed by atoms with van der Waals surface area (Å²) in [5.41, 5.74) is 19.2. The summed E-state index contributed by atoms with van der Waals surface area (Å²) in [7, 11) is 0. The first-order valence-corrected chi connectivity index (χ1v) is 29.2. The molecule has 0 aliphatic heterocycles. The highest BCUT2D eigenvalue weighted by Gasteiger charge is 2.37. The Bertz CT molecular complexity index is 5720. The Balaban J connectivity index is 1.22. The van der Waals surface area contributed by atoms with E-state index in [0.29, 0.717) is 5.56 Å². The molecule has 7 heteroatoms. The molecular formula is C79H46N6O. The quantitative estimate of drug-likeness (QED) is 0.167. The van der Waals surface area contributed by atoms with Gasteiger partial charge in [-0.3, -0.25) is 0 Å². The molecule has 0 saturated heterocycles. The van der Waals surface area contributed by atoms with Gasteiger partial charge in [0.05, 0.1) is 101 Å². The van der Waals surface area contributed by atoms with Gasteiger partial charge in [-0.1, -0.05) is 194 Å². The van der Waals surface area contributed by atoms with Gasteiger partial charge in [0.15, 0.2) is 0 Å². The van der Waals surface area contributed by atoms with Crippen LogP contribution < -0.4 is 0 Å². The Morgan fingerprint density at radius 1 is 0.256 bits per heavy atom. The number of fused-ring (bicyclic) bond motifs is 19. The van der Waals surface area contributed by atoms with Crippen molar-refractivity contribution in [2.45, 2.75) is 0 Å². The van der Waals surface area contributed by atoms with Gasteiger partial charge in [-0.05, 0) is 90.5 Å². The zero-order valence-electron chi connectivity index (χ0n) is 46.1. The molecule has 0 N–H and O–H groups in total. The van der Waals surface area contributed by atoms with E-state index in [1.807, 2.05) is 6.07 Å². The van der Waals surface area contributed by atoms with Crippen molar-refractivity contribution in [3.8, 4) is 45.6 Å². The second kappa shape index (κ2) is 17.6. The molecule has 0 spiro atoms. The van der Waals surface area contributed by atoms with Crippen molar-refractivity contribution in [1.29, 1.82) is 5.26 Å². The molecule has 0 unspecified atom stereocenters. The summed E-state index contributed by atoms with van der Waals surface area (Å²) in [6, 6.07) is 104. The highest BCUT2D eigenvalue weighted by molar-refractivity contribution is 6.25. The molecule has 398 valence electrons. The van der Waals surface area contributed by atoms with Crippen molar-refractivity contribution in [3.63, 3.8) is 0 Å². The van der Waals surface area contributed by atoms with Crippen LogP contribution in [0.5, 0.6) is 0 Å². The number of nitriles is 1. The average molecular weight is 1100 g/mol. The Morgan fingerprint density at radius 3 is 0.965 bits per heavy atom. The summed E-state index contributed by atoms with van der Waals surface area (Å²) < 4.78 is 19.9. The van der Waals surface area contributed by atoms with Gasteiger partial charge in [0.25, 0.3) is 0 Å². The number of hydrogen-bond acceptors (Lipinski definition) is 2. The van der Waals surface area contributed by atoms with E-state index in [1.54, 1.807) is 0 Å². The van der Waals surface area contributed by atoms with E-state index in [4.69, 9.17) is 4.42 Å². The van der Waals surface area contributed by atoms with Crippen LogP contribution in [0.2, 0.25) is 0 Å². The van der Waals surface area contributed by atoms with Gasteiger partial charge in [0.2, 0.25) is 0 Å². The predicted octanol–water partition coefficient (Wildman–Crippen LogP) is 20.6. The third-order valence-electron chi connectivity index (χ3n) is 18.3. The summed E-state index contributed by atoms with van der Waals surface area (Å²) in [5, 5.41) is 24.4. The second-order valence-corrected chi connectivity index (χ2v) is 22.6. The standard InChI is InChI=1S/C79H46N6O/c80-47-48-22-21-23-49(46-48)72-74(81-61-34-11-1-24-50(61)51-25-2-12-35-62(51)81)76(83-65-38-15-5-28-54(65)55-29-6-16-39-66(55)83)78(85-69-42-19-9-33-60(69)73-70(85)45-44-59-58-32-10-20-43-71(58)86-79(59)73)77(84-67-40-17-7-30-56(67)57-31-8-18-41-68(57)84)75(72)82-63-36-13-3-26-52(63)53-27-4-14-37-64(53)82/h1-46H. The van der Waals surface area contributed by atoms with Crippen molar-refractivity contribution in [2.24, 2.45) is 0 Å². The Kier molecular flexibility index (Phi) is 9.55. The third kappa shape index (κ3) is 6.18. The lowest BCUT2D eigenvalue weighted by Gasteiger charge is -2.32. The highest BCUT2D eigenvalue weighted by atomic mass is 16.3. The predicted molar refractivity (Wildman–Crippen MR) is 356 cm³/mol. The van der Waals surface area contributed by atoms with Crippen LogP contribution in [0.25, 0.3) is 171 Å². The summed E-state index contributed by atoms with van der Waals surface area (Å²) >= 11 is 0. The van der Waals surface area contributed by atoms with E-state index in [9.17, 15) is 5.26 Å². The molecule has 0 aliphatic rings. The third-order valence-corrected chi connectivity index (χ3v) is 18.3. The van der Waals surface area contributed by atoms with Gasteiger partial charge < -0.3 is 27.3 Å². The Morgan fingerprint density at radius 2 is 0.570 bits per heavy atom. The summed E-state index contributed by atoms with van der Waals surface area (Å²) in [6.45, 7) is 0. The maximum absolute atomic E-state index is 11.2. The molecule has 0 amide bonds. The van der Waals surface area contributed by atoms with E-state index in [2.05, 4.69) is 302 Å². The van der Waals surface area contributed by atoms with Crippen LogP contribution in [0, 0.1) is 11.3 Å². The van der Waals surface area contributed by atoms with Crippen LogP contribution in [-0.2, 0) is 0 Å². The lowest BCUT2D eigenvalue weighted by Crippen LogP contribution is -2.18. The van der Waals surface area contributed by atoms with Crippen molar-refractivity contribution in [1.82, 2.24) is 22.8 Å². The Labute approximate surface area is 491 Å². The van der Waals surface area contributed by atoms with Gasteiger partial charge in [-0.15, -0.1) is 0 Å². The molecule has 6 heterocycles. The molecule has 7 nitrogen and oxygen atoms in total. The van der Waals surface area contributed by atoms with Crippen LogP contribution in [0.3, 0.4) is 0 Å². The van der Waals surface area contributed by atoms with Gasteiger partial charge in [-0.25, -0.2) is 0 Å². The molecule has 0 aliphatic carbocycles. The number of para-hydroxylation sites is 10. The minimum absolute atomic E-state index is 0.557. The zero-order chi connectivity index (χ0) is 56.3. The van der Waals surface area contributed by atoms with Gasteiger partial charge in [-0.2, -0.15) is 5.26 Å². The van der Waals surface area contributed by atoms with Gasteiger partial charge >= 0.3 is 0 Å². The van der Waals surface area contributed by atoms with Crippen molar-refractivity contribution in [3.05, 3.63) is 285 Å². The van der Waals surface area contributed by atoms with Crippen LogP contribution in [0.15, 0.2) is 283 Å². The van der Waals surface area contributed by atoms with Crippen molar-refractivity contribution < 1.29 is 4.42 Å². The number of rotatable bonds is 6. The number of aromatic nitrogens is 5. The smallest absolute Gasteiger partial charge is 0.145 e. The first kappa shape index (κ1) is 46.7. The van der Waals surface area contributed by atoms with E-state index >= 15 is 0 Å². The SMILES string of the molecule is N#Cc1cccc(-c2c(-n3c4ccccc4c4ccccc43)c(-n3c4ccccc4c4ccccc43)c(-n3c4ccccc4c4c5oc6ccccc6c5ccc43)c(-n3c4ccccc4c4ccccc43)c2-n2c3ccccc3c3ccccc32)c1. The minimum Gasteiger partial charge on any atom is -0.455 e. The molecule has 13 aromatic carbocycles. The van der Waals surface area contributed by atoms with E-state index < -0.39 is 0 Å². The molecule has 6 aromatic heterocycles. The summed E-state index contributed by atoms with van der Waals surface area (Å²) in [6.07, 6.45) is 0. The zero-order valence-corrected chi connectivity index (χ0v) is 46.1. The molecule has 0 bridgehead atoms. The summed E-state index contributed by atoms with van der Waals surface area (Å²) in [5.74, 6) is 0. The monoisotopic (exact) mass is 1090 g/mol. The molecule has 0 saturated carbocycles. The largest absolute Gasteiger partial charge is 0.455 e. The lowest BCUT2D eigenvalue weighted by atomic mass is 9.94. The molecule has 0 atom stereocenters. The fourth-order valence-electron chi connectivity index (χ4n) is 14.9. The maximum Gasteiger partial charge on any atom is 0.145 e. The van der Waals surface area contributed by atoms with E-state index in [0.717, 1.165) is 171 Å². The first-order valence-electron chi connectivity index (χ1n) is 29.2. The second-order valence-electron chi connectivity index (χ2n) is 22.6. The summed E-state index contributed by atoms with van der Waals surface area (Å²) in [4.78, 5) is 0. The van der Waals surface area contributed by atoms with Crippen molar-refractivity contribution >= 4 is 131 Å². The fraction of sp³-hybridized carbons (Fsp3) is 0. The van der Waals surface area contributed by atoms with Crippen LogP contribution in [-0.4, -0.2) is 22.8 Å². The van der Waals surface area contributed by atoms with Crippen molar-refractivity contribution in [2.75, 3.05) is 0 Å². The molecule has 19 rings (SSSR count). The first-order chi connectivity index (χ1) is 42.7. The van der Waals surface area contributed by atoms with Gasteiger partial charge in [0, 0.05) is 64.8 Å². The normalized spacial score (nSPS) is 12.2. The van der Waals surface area contributed by atoms with E-state index in [1.165, 1.54) is 0 Å². The minimum atomic E-state index is 0.557. The maximum atomic E-state index is 11.2. The number of nitrogens with zero attached hydrogens (tertiary/aromatic N) is 6. The number of furan rings is 1. The molecule has 0 radical (unpaired) electrons. The molecule has 86 heavy (non-hydrogen) atoms. The fourth-order valence-corrected chi connectivity index (χ4v) is 14.9. The molecular weight excluding hydrogens is 1050 g/mol. The average Bonchev–Trinajstić information content (AvgIpc) is 1.44. The molecule has 19 aromatic rings. The topological polar surface area (TPSA) is 61.6 Å². The van der Waals surface area contributed by atoms with Crippen LogP contribution >= 0.6 is 0 Å². The van der Waals surface area contributed by atoms with Crippen LogP contribution in [0.4, 0.5) is 0 Å². The van der Waals surface area contributed by atoms with E-state index in [-0.39, 0.29) is 0 Å².